The molecule has 0 unspecified atom stereocenters. The van der Waals surface area contributed by atoms with E-state index in [0.717, 1.165) is 36.8 Å². The number of hydrogen-bond donors (Lipinski definition) is 2. The summed E-state index contributed by atoms with van der Waals surface area (Å²) in [6, 6.07) is 16.2. The van der Waals surface area contributed by atoms with Gasteiger partial charge >= 0.3 is 0 Å². The minimum Gasteiger partial charge on any atom is -0.508 e. The van der Waals surface area contributed by atoms with E-state index >= 15 is 0 Å². The van der Waals surface area contributed by atoms with Crippen molar-refractivity contribution in [2.24, 2.45) is 4.99 Å². The first kappa shape index (κ1) is 21.0. The summed E-state index contributed by atoms with van der Waals surface area (Å²) in [6.07, 6.45) is 3.96. The fourth-order valence-electron chi connectivity index (χ4n) is 4.11. The van der Waals surface area contributed by atoms with Crippen molar-refractivity contribution in [1.29, 1.82) is 5.26 Å². The Morgan fingerprint density at radius 3 is 2.85 bits per heavy atom. The number of thiophene rings is 1. The molecule has 1 aliphatic carbocycles. The van der Waals surface area contributed by atoms with Crippen molar-refractivity contribution in [2.45, 2.75) is 32.6 Å². The Kier molecular flexibility index (Phi) is 5.45. The van der Waals surface area contributed by atoms with Gasteiger partial charge in [-0.2, -0.15) is 5.26 Å². The molecule has 0 spiro atoms. The minimum atomic E-state index is -0.363. The molecule has 1 amide bonds. The Labute approximate surface area is 194 Å². The van der Waals surface area contributed by atoms with Gasteiger partial charge in [0.15, 0.2) is 0 Å². The Balaban J connectivity index is 1.68. The second-order valence-corrected chi connectivity index (χ2v) is 9.21. The molecular formula is C26H21N3O3S. The third-order valence-electron chi connectivity index (χ3n) is 5.72. The molecular weight excluding hydrogens is 434 g/mol. The first-order valence-electron chi connectivity index (χ1n) is 10.8. The highest BCUT2D eigenvalue weighted by Crippen LogP contribution is 2.39. The largest absolute Gasteiger partial charge is 0.508 e. The molecule has 5 rings (SSSR count). The van der Waals surface area contributed by atoms with Gasteiger partial charge in [-0.3, -0.25) is 4.79 Å². The van der Waals surface area contributed by atoms with E-state index in [1.165, 1.54) is 28.3 Å². The zero-order chi connectivity index (χ0) is 22.9. The molecule has 0 saturated heterocycles. The number of aryl methyl sites for hydroxylation is 2. The number of aromatic hydroxyl groups is 1. The molecule has 0 atom stereocenters. The lowest BCUT2D eigenvalue weighted by molar-refractivity contribution is 0.102. The molecule has 2 aromatic carbocycles. The van der Waals surface area contributed by atoms with E-state index in [-0.39, 0.29) is 22.8 Å². The van der Waals surface area contributed by atoms with Crippen LogP contribution in [0.4, 0.5) is 10.7 Å². The first-order chi connectivity index (χ1) is 16.0. The SMILES string of the molecule is Cc1cccc(NC(=O)c2cc3ccc(O)cc3oc2=Nc2sc3c(c2C#N)CCCC3)c1. The van der Waals surface area contributed by atoms with Crippen LogP contribution in [0.25, 0.3) is 11.0 Å². The van der Waals surface area contributed by atoms with Crippen LogP contribution >= 0.6 is 11.3 Å². The van der Waals surface area contributed by atoms with Crippen LogP contribution in [0.2, 0.25) is 0 Å². The van der Waals surface area contributed by atoms with Crippen LogP contribution < -0.4 is 10.9 Å². The van der Waals surface area contributed by atoms with Crippen LogP contribution in [0.1, 0.15) is 44.8 Å². The number of rotatable bonds is 3. The normalized spacial score (nSPS) is 13.5. The molecule has 1 aliphatic rings. The zero-order valence-electron chi connectivity index (χ0n) is 18.0. The van der Waals surface area contributed by atoms with Gasteiger partial charge in [-0.05, 0) is 74.1 Å². The van der Waals surface area contributed by atoms with E-state index in [1.54, 1.807) is 12.1 Å². The molecule has 0 bridgehead atoms. The topological polar surface area (TPSA) is 98.6 Å². The van der Waals surface area contributed by atoms with Crippen molar-refractivity contribution >= 4 is 38.9 Å². The van der Waals surface area contributed by atoms with Crippen molar-refractivity contribution < 1.29 is 14.3 Å². The second kappa shape index (κ2) is 8.57. The average Bonchev–Trinajstić information content (AvgIpc) is 3.15. The number of nitrogens with one attached hydrogen (secondary N) is 1. The smallest absolute Gasteiger partial charge is 0.261 e. The van der Waals surface area contributed by atoms with Gasteiger partial charge in [0.1, 0.15) is 28.0 Å². The molecule has 2 aromatic heterocycles. The van der Waals surface area contributed by atoms with Crippen LogP contribution in [-0.2, 0) is 12.8 Å². The van der Waals surface area contributed by atoms with Gasteiger partial charge in [-0.15, -0.1) is 11.3 Å². The first-order valence-corrected chi connectivity index (χ1v) is 11.6. The molecule has 0 fully saturated rings. The number of phenolic OH excluding ortho intramolecular Hbond substituents is 1. The Morgan fingerprint density at radius 1 is 1.18 bits per heavy atom. The predicted molar refractivity (Wildman–Crippen MR) is 128 cm³/mol. The van der Waals surface area contributed by atoms with E-state index in [2.05, 4.69) is 16.4 Å². The molecule has 33 heavy (non-hydrogen) atoms. The number of carbonyl (C=O) groups is 1. The van der Waals surface area contributed by atoms with Crippen LogP contribution in [0.15, 0.2) is 57.9 Å². The molecule has 164 valence electrons. The zero-order valence-corrected chi connectivity index (χ0v) is 18.8. The summed E-state index contributed by atoms with van der Waals surface area (Å²) < 4.78 is 6.00. The highest BCUT2D eigenvalue weighted by atomic mass is 32.1. The molecule has 2 N–H and O–H groups in total. The van der Waals surface area contributed by atoms with Crippen molar-refractivity contribution in [2.75, 3.05) is 5.32 Å². The molecule has 2 heterocycles. The monoisotopic (exact) mass is 455 g/mol. The fourth-order valence-corrected chi connectivity index (χ4v) is 5.32. The third-order valence-corrected chi connectivity index (χ3v) is 6.91. The highest BCUT2D eigenvalue weighted by molar-refractivity contribution is 7.16. The van der Waals surface area contributed by atoms with Crippen LogP contribution in [0.3, 0.4) is 0 Å². The average molecular weight is 456 g/mol. The number of anilines is 1. The number of nitrogens with zero attached hydrogens (tertiary/aromatic N) is 2. The number of nitriles is 1. The van der Waals surface area contributed by atoms with Crippen molar-refractivity contribution in [1.82, 2.24) is 0 Å². The van der Waals surface area contributed by atoms with Gasteiger partial charge in [-0.25, -0.2) is 4.99 Å². The van der Waals surface area contributed by atoms with E-state index in [1.807, 2.05) is 31.2 Å². The van der Waals surface area contributed by atoms with E-state index in [4.69, 9.17) is 4.42 Å². The summed E-state index contributed by atoms with van der Waals surface area (Å²) in [7, 11) is 0. The molecule has 6 nitrogen and oxygen atoms in total. The molecule has 0 saturated carbocycles. The van der Waals surface area contributed by atoms with Crippen molar-refractivity contribution in [3.8, 4) is 11.8 Å². The number of hydrogen-bond acceptors (Lipinski definition) is 6. The number of benzene rings is 2. The lowest BCUT2D eigenvalue weighted by Gasteiger charge is -2.09. The lowest BCUT2D eigenvalue weighted by atomic mass is 9.96. The summed E-state index contributed by atoms with van der Waals surface area (Å²) in [5, 5.41) is 23.8. The highest BCUT2D eigenvalue weighted by Gasteiger charge is 2.21. The Morgan fingerprint density at radius 2 is 2.03 bits per heavy atom. The van der Waals surface area contributed by atoms with Crippen molar-refractivity contribution in [3.63, 3.8) is 0 Å². The second-order valence-electron chi connectivity index (χ2n) is 8.13. The van der Waals surface area contributed by atoms with Gasteiger partial charge < -0.3 is 14.8 Å². The number of phenols is 1. The standard InChI is InChI=1S/C26H21N3O3S/c1-15-5-4-6-17(11-15)28-24(31)20-12-16-9-10-18(30)13-22(16)32-25(20)29-26-21(14-27)19-7-2-3-8-23(19)33-26/h4-6,9-13,30H,2-3,7-8H2,1H3,(H,28,31). The van der Waals surface area contributed by atoms with Gasteiger partial charge in [0.25, 0.3) is 5.91 Å². The Bertz CT molecular complexity index is 1510. The fraction of sp³-hybridized carbons (Fsp3) is 0.192. The van der Waals surface area contributed by atoms with Crippen LogP contribution in [0, 0.1) is 18.3 Å². The van der Waals surface area contributed by atoms with E-state index < -0.39 is 0 Å². The summed E-state index contributed by atoms with van der Waals surface area (Å²) in [6.45, 7) is 1.95. The Hall–Kier alpha value is -3.89. The summed E-state index contributed by atoms with van der Waals surface area (Å²) >= 11 is 1.49. The number of fused-ring (bicyclic) bond motifs is 2. The molecule has 7 heteroatoms. The summed E-state index contributed by atoms with van der Waals surface area (Å²) in [5.74, 6) is -0.309. The summed E-state index contributed by atoms with van der Waals surface area (Å²) in [5.41, 5.74) is 4.09. The van der Waals surface area contributed by atoms with Gasteiger partial charge in [0.2, 0.25) is 5.55 Å². The molecule has 4 aromatic rings. The van der Waals surface area contributed by atoms with Gasteiger partial charge in [0.05, 0.1) is 5.56 Å². The van der Waals surface area contributed by atoms with Crippen LogP contribution in [0.5, 0.6) is 5.75 Å². The number of amides is 1. The van der Waals surface area contributed by atoms with E-state index in [9.17, 15) is 15.2 Å². The molecule has 0 aliphatic heterocycles. The maximum absolute atomic E-state index is 13.3. The summed E-state index contributed by atoms with van der Waals surface area (Å²) in [4.78, 5) is 19.1. The lowest BCUT2D eigenvalue weighted by Crippen LogP contribution is -2.21. The third kappa shape index (κ3) is 4.13. The minimum absolute atomic E-state index is 0.0541. The number of carbonyl (C=O) groups excluding carboxylic acids is 1. The maximum Gasteiger partial charge on any atom is 0.261 e. The van der Waals surface area contributed by atoms with E-state index in [0.29, 0.717) is 27.2 Å². The van der Waals surface area contributed by atoms with Gasteiger partial charge in [-0.1, -0.05) is 12.1 Å². The van der Waals surface area contributed by atoms with Crippen molar-refractivity contribution in [3.05, 3.63) is 81.2 Å². The van der Waals surface area contributed by atoms with Gasteiger partial charge in [0, 0.05) is 22.0 Å². The maximum atomic E-state index is 13.3. The molecule has 0 radical (unpaired) electrons. The predicted octanol–water partition coefficient (Wildman–Crippen LogP) is 5.74. The van der Waals surface area contributed by atoms with Crippen LogP contribution in [-0.4, -0.2) is 11.0 Å². The quantitative estimate of drug-likeness (QED) is 0.411.